The molecule has 1 aromatic heterocycles. The first-order chi connectivity index (χ1) is 7.22. The molecule has 1 aliphatic rings. The van der Waals surface area contributed by atoms with Gasteiger partial charge in [-0.2, -0.15) is 0 Å². The zero-order chi connectivity index (χ0) is 10.8. The second-order valence-corrected chi connectivity index (χ2v) is 4.32. The Morgan fingerprint density at radius 2 is 2.53 bits per heavy atom. The van der Waals surface area contributed by atoms with Crippen LogP contribution in [0.4, 0.5) is 0 Å². The molecular weight excluding hydrogens is 192 g/mol. The first-order valence-electron chi connectivity index (χ1n) is 5.49. The molecule has 0 radical (unpaired) electrons. The molecular formula is C11H18N2O2. The van der Waals surface area contributed by atoms with Gasteiger partial charge in [-0.25, -0.2) is 4.98 Å². The van der Waals surface area contributed by atoms with Crippen LogP contribution in [0.3, 0.4) is 0 Å². The van der Waals surface area contributed by atoms with E-state index in [0.717, 1.165) is 24.6 Å². The molecule has 0 bridgehead atoms. The van der Waals surface area contributed by atoms with Crippen LogP contribution >= 0.6 is 0 Å². The summed E-state index contributed by atoms with van der Waals surface area (Å²) in [6.45, 7) is 3.15. The second-order valence-electron chi connectivity index (χ2n) is 4.32. The molecule has 1 saturated heterocycles. The molecule has 15 heavy (non-hydrogen) atoms. The van der Waals surface area contributed by atoms with Crippen molar-refractivity contribution in [3.05, 3.63) is 17.8 Å². The zero-order valence-corrected chi connectivity index (χ0v) is 9.31. The molecule has 0 aliphatic carbocycles. The number of aliphatic hydroxyl groups is 1. The summed E-state index contributed by atoms with van der Waals surface area (Å²) in [7, 11) is 2.09. The number of oxazole rings is 1. The number of nitrogens with zero attached hydrogens (tertiary/aromatic N) is 2. The standard InChI is InChI=1S/C11H18N2O2/c1-8(7-14)10-6-12-11(15-10)9-4-3-5-13(9)2/h6,8-9,14H,3-5,7H2,1-2H3. The Balaban J connectivity index is 2.12. The van der Waals surface area contributed by atoms with Crippen LogP contribution in [0.25, 0.3) is 0 Å². The topological polar surface area (TPSA) is 49.5 Å². The van der Waals surface area contributed by atoms with Crippen molar-refractivity contribution in [3.8, 4) is 0 Å². The minimum absolute atomic E-state index is 0.0398. The predicted molar refractivity (Wildman–Crippen MR) is 56.6 cm³/mol. The van der Waals surface area contributed by atoms with E-state index in [-0.39, 0.29) is 12.5 Å². The van der Waals surface area contributed by atoms with Crippen LogP contribution in [0.5, 0.6) is 0 Å². The Morgan fingerprint density at radius 1 is 1.73 bits per heavy atom. The highest BCUT2D eigenvalue weighted by Gasteiger charge is 2.27. The number of rotatable bonds is 3. The molecule has 2 unspecified atom stereocenters. The Kier molecular flexibility index (Phi) is 3.07. The van der Waals surface area contributed by atoms with Gasteiger partial charge in [0.2, 0.25) is 5.89 Å². The van der Waals surface area contributed by atoms with Crippen LogP contribution in [0.2, 0.25) is 0 Å². The molecule has 2 heterocycles. The van der Waals surface area contributed by atoms with Crippen molar-refractivity contribution in [3.63, 3.8) is 0 Å². The summed E-state index contributed by atoms with van der Waals surface area (Å²) in [5, 5.41) is 9.02. The van der Waals surface area contributed by atoms with Gasteiger partial charge in [-0.05, 0) is 26.4 Å². The van der Waals surface area contributed by atoms with Crippen molar-refractivity contribution < 1.29 is 9.52 Å². The maximum atomic E-state index is 9.02. The number of aromatic nitrogens is 1. The summed E-state index contributed by atoms with van der Waals surface area (Å²) in [6, 6.07) is 0.324. The summed E-state index contributed by atoms with van der Waals surface area (Å²) >= 11 is 0. The van der Waals surface area contributed by atoms with Gasteiger partial charge in [-0.1, -0.05) is 6.92 Å². The molecule has 4 heteroatoms. The molecule has 0 aromatic carbocycles. The van der Waals surface area contributed by atoms with Crippen LogP contribution in [-0.4, -0.2) is 35.2 Å². The van der Waals surface area contributed by atoms with Crippen molar-refractivity contribution in [2.45, 2.75) is 31.7 Å². The lowest BCUT2D eigenvalue weighted by atomic mass is 10.1. The van der Waals surface area contributed by atoms with E-state index in [9.17, 15) is 0 Å². The minimum atomic E-state index is 0.0398. The van der Waals surface area contributed by atoms with Gasteiger partial charge in [0.25, 0.3) is 0 Å². The van der Waals surface area contributed by atoms with Gasteiger partial charge in [-0.15, -0.1) is 0 Å². The van der Waals surface area contributed by atoms with Crippen LogP contribution in [-0.2, 0) is 0 Å². The normalized spacial score (nSPS) is 24.6. The summed E-state index contributed by atoms with van der Waals surface area (Å²) in [5.41, 5.74) is 0. The Labute approximate surface area is 89.9 Å². The van der Waals surface area contributed by atoms with Crippen LogP contribution < -0.4 is 0 Å². The fourth-order valence-corrected chi connectivity index (χ4v) is 1.99. The molecule has 0 saturated carbocycles. The van der Waals surface area contributed by atoms with Crippen molar-refractivity contribution in [1.29, 1.82) is 0 Å². The fourth-order valence-electron chi connectivity index (χ4n) is 1.99. The number of hydrogen-bond acceptors (Lipinski definition) is 4. The van der Waals surface area contributed by atoms with Gasteiger partial charge in [0.15, 0.2) is 0 Å². The third kappa shape index (κ3) is 2.06. The van der Waals surface area contributed by atoms with Crippen molar-refractivity contribution in [1.82, 2.24) is 9.88 Å². The van der Waals surface area contributed by atoms with E-state index in [1.54, 1.807) is 6.20 Å². The highest BCUT2D eigenvalue weighted by Crippen LogP contribution is 2.30. The summed E-state index contributed by atoms with van der Waals surface area (Å²) in [4.78, 5) is 6.56. The number of likely N-dealkylation sites (tertiary alicyclic amines) is 1. The lowest BCUT2D eigenvalue weighted by molar-refractivity contribution is 0.236. The lowest BCUT2D eigenvalue weighted by Gasteiger charge is -2.15. The maximum absolute atomic E-state index is 9.02. The first-order valence-corrected chi connectivity index (χ1v) is 5.49. The van der Waals surface area contributed by atoms with Crippen LogP contribution in [0.15, 0.2) is 10.6 Å². The van der Waals surface area contributed by atoms with Crippen LogP contribution in [0.1, 0.15) is 43.4 Å². The molecule has 84 valence electrons. The Morgan fingerprint density at radius 3 is 3.13 bits per heavy atom. The average molecular weight is 210 g/mol. The highest BCUT2D eigenvalue weighted by atomic mass is 16.4. The predicted octanol–water partition coefficient (Wildman–Crippen LogP) is 1.54. The third-order valence-corrected chi connectivity index (χ3v) is 3.11. The van der Waals surface area contributed by atoms with E-state index in [0.29, 0.717) is 6.04 Å². The van der Waals surface area contributed by atoms with Crippen molar-refractivity contribution >= 4 is 0 Å². The SMILES string of the molecule is CC(CO)c1cnc(C2CCCN2C)o1. The molecule has 2 atom stereocenters. The average Bonchev–Trinajstić information content (AvgIpc) is 2.84. The summed E-state index contributed by atoms with van der Waals surface area (Å²) in [5.74, 6) is 1.62. The van der Waals surface area contributed by atoms with E-state index in [1.807, 2.05) is 6.92 Å². The zero-order valence-electron chi connectivity index (χ0n) is 9.31. The molecule has 1 aromatic rings. The monoisotopic (exact) mass is 210 g/mol. The van der Waals surface area contributed by atoms with Crippen molar-refractivity contribution in [2.24, 2.45) is 0 Å². The molecule has 1 aliphatic heterocycles. The van der Waals surface area contributed by atoms with E-state index >= 15 is 0 Å². The van der Waals surface area contributed by atoms with Gasteiger partial charge in [0.1, 0.15) is 5.76 Å². The van der Waals surface area contributed by atoms with Gasteiger partial charge >= 0.3 is 0 Å². The molecule has 1 N–H and O–H groups in total. The summed E-state index contributed by atoms with van der Waals surface area (Å²) in [6.07, 6.45) is 4.06. The summed E-state index contributed by atoms with van der Waals surface area (Å²) < 4.78 is 5.68. The Bertz CT molecular complexity index is 324. The Hall–Kier alpha value is -0.870. The fraction of sp³-hybridized carbons (Fsp3) is 0.727. The van der Waals surface area contributed by atoms with E-state index in [2.05, 4.69) is 16.9 Å². The maximum Gasteiger partial charge on any atom is 0.211 e. The molecule has 1 fully saturated rings. The number of hydrogen-bond donors (Lipinski definition) is 1. The van der Waals surface area contributed by atoms with Crippen molar-refractivity contribution in [2.75, 3.05) is 20.2 Å². The van der Waals surface area contributed by atoms with Gasteiger partial charge in [0.05, 0.1) is 18.8 Å². The lowest BCUT2D eigenvalue weighted by Crippen LogP contribution is -2.17. The van der Waals surface area contributed by atoms with Gasteiger partial charge < -0.3 is 9.52 Å². The largest absolute Gasteiger partial charge is 0.444 e. The molecule has 4 nitrogen and oxygen atoms in total. The first kappa shape index (κ1) is 10.6. The second kappa shape index (κ2) is 4.33. The number of aliphatic hydroxyl groups excluding tert-OH is 1. The smallest absolute Gasteiger partial charge is 0.211 e. The molecule has 2 rings (SSSR count). The molecule has 0 spiro atoms. The van der Waals surface area contributed by atoms with E-state index in [4.69, 9.17) is 9.52 Å². The van der Waals surface area contributed by atoms with Crippen LogP contribution in [0, 0.1) is 0 Å². The third-order valence-electron chi connectivity index (χ3n) is 3.11. The quantitative estimate of drug-likeness (QED) is 0.822. The van der Waals surface area contributed by atoms with E-state index in [1.165, 1.54) is 6.42 Å². The molecule has 0 amide bonds. The van der Waals surface area contributed by atoms with Gasteiger partial charge in [0, 0.05) is 5.92 Å². The van der Waals surface area contributed by atoms with E-state index < -0.39 is 0 Å². The minimum Gasteiger partial charge on any atom is -0.444 e. The highest BCUT2D eigenvalue weighted by molar-refractivity contribution is 5.04. The van der Waals surface area contributed by atoms with Gasteiger partial charge in [-0.3, -0.25) is 4.90 Å².